The van der Waals surface area contributed by atoms with Crippen LogP contribution in [0.15, 0.2) is 12.1 Å². The van der Waals surface area contributed by atoms with E-state index >= 15 is 0 Å². The van der Waals surface area contributed by atoms with Gasteiger partial charge in [0, 0.05) is 5.88 Å². The van der Waals surface area contributed by atoms with E-state index in [2.05, 4.69) is 0 Å². The standard InChI is InChI=1S/C10H8ClNO3/c1-15-8-3-2-6(4-11)9(10(13)14)7(8)5-12/h2-3H,4H2,1H3,(H,13,14). The van der Waals surface area contributed by atoms with E-state index in [0.29, 0.717) is 5.56 Å². The van der Waals surface area contributed by atoms with E-state index in [9.17, 15) is 4.79 Å². The van der Waals surface area contributed by atoms with Crippen LogP contribution in [0.25, 0.3) is 0 Å². The molecule has 0 aliphatic heterocycles. The van der Waals surface area contributed by atoms with E-state index in [4.69, 9.17) is 26.7 Å². The molecule has 0 saturated carbocycles. The molecule has 15 heavy (non-hydrogen) atoms. The number of hydrogen-bond acceptors (Lipinski definition) is 3. The monoisotopic (exact) mass is 225 g/mol. The Hall–Kier alpha value is -1.73. The lowest BCUT2D eigenvalue weighted by Gasteiger charge is -2.08. The maximum atomic E-state index is 11.0. The van der Waals surface area contributed by atoms with Gasteiger partial charge < -0.3 is 9.84 Å². The van der Waals surface area contributed by atoms with Crippen molar-refractivity contribution in [1.82, 2.24) is 0 Å². The molecule has 1 aromatic rings. The highest BCUT2D eigenvalue weighted by atomic mass is 35.5. The van der Waals surface area contributed by atoms with E-state index in [1.165, 1.54) is 19.2 Å². The molecule has 0 spiro atoms. The van der Waals surface area contributed by atoms with Gasteiger partial charge in [-0.1, -0.05) is 6.07 Å². The Balaban J connectivity index is 3.53. The summed E-state index contributed by atoms with van der Waals surface area (Å²) in [6.45, 7) is 0. The smallest absolute Gasteiger partial charge is 0.337 e. The number of carboxylic acids is 1. The van der Waals surface area contributed by atoms with Gasteiger partial charge in [0.2, 0.25) is 0 Å². The molecule has 0 bridgehead atoms. The molecule has 0 amide bonds. The number of benzene rings is 1. The topological polar surface area (TPSA) is 70.3 Å². The number of rotatable bonds is 3. The SMILES string of the molecule is COc1ccc(CCl)c(C(=O)O)c1C#N. The maximum Gasteiger partial charge on any atom is 0.337 e. The van der Waals surface area contributed by atoms with Crippen molar-refractivity contribution in [2.75, 3.05) is 7.11 Å². The quantitative estimate of drug-likeness (QED) is 0.799. The van der Waals surface area contributed by atoms with Crippen LogP contribution in [0.1, 0.15) is 21.5 Å². The summed E-state index contributed by atoms with van der Waals surface area (Å²) < 4.78 is 4.90. The van der Waals surface area contributed by atoms with Crippen LogP contribution in [0.2, 0.25) is 0 Å². The molecule has 0 heterocycles. The third-order valence-corrected chi connectivity index (χ3v) is 2.23. The Bertz CT molecular complexity index is 437. The third-order valence-electron chi connectivity index (χ3n) is 1.94. The number of aromatic carboxylic acids is 1. The number of carboxylic acid groups (broad SMARTS) is 1. The molecule has 0 radical (unpaired) electrons. The lowest BCUT2D eigenvalue weighted by molar-refractivity contribution is 0.0695. The van der Waals surface area contributed by atoms with Crippen molar-refractivity contribution < 1.29 is 14.6 Å². The lowest BCUT2D eigenvalue weighted by Crippen LogP contribution is -2.06. The first-order valence-corrected chi connectivity index (χ1v) is 4.58. The Morgan fingerprint density at radius 1 is 1.67 bits per heavy atom. The van der Waals surface area contributed by atoms with Gasteiger partial charge in [-0.25, -0.2) is 4.79 Å². The number of alkyl halides is 1. The van der Waals surface area contributed by atoms with Crippen molar-refractivity contribution >= 4 is 17.6 Å². The molecule has 1 aromatic carbocycles. The van der Waals surface area contributed by atoms with Crippen molar-refractivity contribution in [2.45, 2.75) is 5.88 Å². The molecule has 0 atom stereocenters. The number of hydrogen-bond donors (Lipinski definition) is 1. The average Bonchev–Trinajstić information content (AvgIpc) is 2.26. The molecule has 1 N–H and O–H groups in total. The Kier molecular flexibility index (Phi) is 3.53. The van der Waals surface area contributed by atoms with E-state index in [0.717, 1.165) is 0 Å². The lowest BCUT2D eigenvalue weighted by atomic mass is 10.0. The van der Waals surface area contributed by atoms with Crippen LogP contribution in [-0.4, -0.2) is 18.2 Å². The molecule has 0 fully saturated rings. The fraction of sp³-hybridized carbons (Fsp3) is 0.200. The zero-order valence-electron chi connectivity index (χ0n) is 7.95. The number of nitriles is 1. The first-order chi connectivity index (χ1) is 7.15. The predicted octanol–water partition coefficient (Wildman–Crippen LogP) is 2.00. The first kappa shape index (κ1) is 11.3. The number of methoxy groups -OCH3 is 1. The van der Waals surface area contributed by atoms with Gasteiger partial charge in [0.1, 0.15) is 17.4 Å². The summed E-state index contributed by atoms with van der Waals surface area (Å²) in [7, 11) is 1.38. The van der Waals surface area contributed by atoms with Crippen molar-refractivity contribution in [3.05, 3.63) is 28.8 Å². The minimum absolute atomic E-state index is 0.00292. The van der Waals surface area contributed by atoms with Gasteiger partial charge in [-0.3, -0.25) is 0 Å². The third kappa shape index (κ3) is 2.03. The molecule has 1 rings (SSSR count). The molecule has 4 nitrogen and oxygen atoms in total. The fourth-order valence-electron chi connectivity index (χ4n) is 1.26. The number of halogens is 1. The van der Waals surface area contributed by atoms with Crippen LogP contribution in [0.3, 0.4) is 0 Å². The molecule has 0 aromatic heterocycles. The number of ether oxygens (including phenoxy) is 1. The number of nitrogens with zero attached hydrogens (tertiary/aromatic N) is 1. The highest BCUT2D eigenvalue weighted by Gasteiger charge is 2.18. The summed E-state index contributed by atoms with van der Waals surface area (Å²) in [5, 5.41) is 17.8. The van der Waals surface area contributed by atoms with Crippen LogP contribution in [0, 0.1) is 11.3 Å². The highest BCUT2D eigenvalue weighted by molar-refractivity contribution is 6.17. The molecule has 5 heteroatoms. The minimum atomic E-state index is -1.18. The van der Waals surface area contributed by atoms with Crippen molar-refractivity contribution in [2.24, 2.45) is 0 Å². The summed E-state index contributed by atoms with van der Waals surface area (Å²) >= 11 is 5.59. The molecule has 78 valence electrons. The molecule has 0 aliphatic rings. The Morgan fingerprint density at radius 3 is 2.73 bits per heavy atom. The fourth-order valence-corrected chi connectivity index (χ4v) is 1.49. The van der Waals surface area contributed by atoms with Gasteiger partial charge in [-0.15, -0.1) is 11.6 Å². The van der Waals surface area contributed by atoms with Crippen LogP contribution in [-0.2, 0) is 5.88 Å². The van der Waals surface area contributed by atoms with Gasteiger partial charge in [-0.2, -0.15) is 5.26 Å². The van der Waals surface area contributed by atoms with Crippen molar-refractivity contribution in [1.29, 1.82) is 5.26 Å². The summed E-state index contributed by atoms with van der Waals surface area (Å²) in [5.74, 6) is -0.898. The second-order valence-corrected chi connectivity index (χ2v) is 2.99. The Labute approximate surface area is 91.7 Å². The summed E-state index contributed by atoms with van der Waals surface area (Å²) in [5.41, 5.74) is 0.316. The first-order valence-electron chi connectivity index (χ1n) is 4.05. The van der Waals surface area contributed by atoms with Gasteiger partial charge >= 0.3 is 5.97 Å². The van der Waals surface area contributed by atoms with E-state index in [1.807, 2.05) is 0 Å². The van der Waals surface area contributed by atoms with E-state index in [-0.39, 0.29) is 22.8 Å². The average molecular weight is 226 g/mol. The van der Waals surface area contributed by atoms with Crippen LogP contribution < -0.4 is 4.74 Å². The molecular weight excluding hydrogens is 218 g/mol. The maximum absolute atomic E-state index is 11.0. The van der Waals surface area contributed by atoms with Gasteiger partial charge in [0.05, 0.1) is 12.7 Å². The van der Waals surface area contributed by atoms with Crippen molar-refractivity contribution in [3.8, 4) is 11.8 Å². The molecular formula is C10H8ClNO3. The second-order valence-electron chi connectivity index (χ2n) is 2.73. The Morgan fingerprint density at radius 2 is 2.33 bits per heavy atom. The second kappa shape index (κ2) is 4.67. The highest BCUT2D eigenvalue weighted by Crippen LogP contribution is 2.25. The van der Waals surface area contributed by atoms with Gasteiger partial charge in [-0.05, 0) is 11.6 Å². The van der Waals surface area contributed by atoms with Crippen LogP contribution in [0.4, 0.5) is 0 Å². The molecule has 0 saturated heterocycles. The zero-order chi connectivity index (χ0) is 11.4. The summed E-state index contributed by atoms with van der Waals surface area (Å²) in [6, 6.07) is 4.87. The van der Waals surface area contributed by atoms with Gasteiger partial charge in [0.15, 0.2) is 0 Å². The van der Waals surface area contributed by atoms with Crippen LogP contribution in [0.5, 0.6) is 5.75 Å². The largest absolute Gasteiger partial charge is 0.495 e. The number of carbonyl (C=O) groups is 1. The van der Waals surface area contributed by atoms with Crippen molar-refractivity contribution in [3.63, 3.8) is 0 Å². The zero-order valence-corrected chi connectivity index (χ0v) is 8.71. The predicted molar refractivity (Wildman–Crippen MR) is 54.2 cm³/mol. The van der Waals surface area contributed by atoms with E-state index < -0.39 is 5.97 Å². The molecule has 0 aliphatic carbocycles. The minimum Gasteiger partial charge on any atom is -0.495 e. The summed E-state index contributed by atoms with van der Waals surface area (Å²) in [4.78, 5) is 11.0. The normalized spacial score (nSPS) is 9.40. The van der Waals surface area contributed by atoms with E-state index in [1.54, 1.807) is 6.07 Å². The van der Waals surface area contributed by atoms with Gasteiger partial charge in [0.25, 0.3) is 0 Å². The summed E-state index contributed by atoms with van der Waals surface area (Å²) in [6.07, 6.45) is 0. The molecule has 0 unspecified atom stereocenters. The van der Waals surface area contributed by atoms with Crippen LogP contribution >= 0.6 is 11.6 Å².